The summed E-state index contributed by atoms with van der Waals surface area (Å²) in [7, 11) is 1.29. The third-order valence-corrected chi connectivity index (χ3v) is 4.02. The maximum absolute atomic E-state index is 12.7. The topological polar surface area (TPSA) is 97.7 Å². The number of rotatable bonds is 4. The standard InChI is InChI=1S/C14H17F3N6O2/c1-3-11-19-12(21-20-11)7-5-25-6-8(7)18-13(24)9-4-10(14(15,16)17)22-23(9)2/h4,7-8H,3,5-6H2,1-2H3,(H,18,24)(H,19,20,21)/t7-,8+/m1/s1. The smallest absolute Gasteiger partial charge is 0.378 e. The zero-order valence-electron chi connectivity index (χ0n) is 13.6. The van der Waals surface area contributed by atoms with Crippen LogP contribution in [0.15, 0.2) is 6.07 Å². The van der Waals surface area contributed by atoms with E-state index in [-0.39, 0.29) is 18.2 Å². The van der Waals surface area contributed by atoms with Gasteiger partial charge >= 0.3 is 6.18 Å². The minimum Gasteiger partial charge on any atom is -0.378 e. The molecule has 11 heteroatoms. The van der Waals surface area contributed by atoms with Crippen LogP contribution in [0.1, 0.15) is 40.7 Å². The molecule has 2 aromatic heterocycles. The van der Waals surface area contributed by atoms with Crippen molar-refractivity contribution in [3.05, 3.63) is 29.1 Å². The Morgan fingerprint density at radius 1 is 1.48 bits per heavy atom. The summed E-state index contributed by atoms with van der Waals surface area (Å²) in [6.07, 6.45) is -3.92. The number of hydrogen-bond donors (Lipinski definition) is 2. The van der Waals surface area contributed by atoms with E-state index in [1.165, 1.54) is 7.05 Å². The fourth-order valence-electron chi connectivity index (χ4n) is 2.65. The minimum atomic E-state index is -4.61. The second kappa shape index (κ2) is 6.47. The first-order valence-corrected chi connectivity index (χ1v) is 7.70. The molecule has 2 N–H and O–H groups in total. The van der Waals surface area contributed by atoms with Gasteiger partial charge in [-0.15, -0.1) is 0 Å². The molecule has 2 atom stereocenters. The van der Waals surface area contributed by atoms with E-state index in [0.29, 0.717) is 24.7 Å². The van der Waals surface area contributed by atoms with Crippen molar-refractivity contribution >= 4 is 5.91 Å². The quantitative estimate of drug-likeness (QED) is 0.851. The van der Waals surface area contributed by atoms with Crippen molar-refractivity contribution in [3.63, 3.8) is 0 Å². The molecule has 3 rings (SSSR count). The van der Waals surface area contributed by atoms with Gasteiger partial charge in [-0.1, -0.05) is 6.92 Å². The highest BCUT2D eigenvalue weighted by Crippen LogP contribution is 2.29. The molecule has 1 saturated heterocycles. The van der Waals surface area contributed by atoms with Crippen LogP contribution < -0.4 is 5.32 Å². The molecule has 3 heterocycles. The van der Waals surface area contributed by atoms with E-state index in [0.717, 1.165) is 10.7 Å². The van der Waals surface area contributed by atoms with Gasteiger partial charge < -0.3 is 10.1 Å². The fraction of sp³-hybridized carbons (Fsp3) is 0.571. The Morgan fingerprint density at radius 2 is 2.24 bits per heavy atom. The van der Waals surface area contributed by atoms with E-state index in [1.54, 1.807) is 0 Å². The highest BCUT2D eigenvalue weighted by Gasteiger charge is 2.37. The maximum Gasteiger partial charge on any atom is 0.435 e. The molecule has 1 amide bonds. The van der Waals surface area contributed by atoms with E-state index >= 15 is 0 Å². The van der Waals surface area contributed by atoms with E-state index in [1.807, 2.05) is 6.92 Å². The molecule has 0 radical (unpaired) electrons. The molecule has 1 fully saturated rings. The van der Waals surface area contributed by atoms with Crippen LogP contribution in [0.4, 0.5) is 13.2 Å². The normalized spacial score (nSPS) is 20.8. The minimum absolute atomic E-state index is 0.179. The van der Waals surface area contributed by atoms with Crippen molar-refractivity contribution < 1.29 is 22.7 Å². The van der Waals surface area contributed by atoms with Gasteiger partial charge in [0.1, 0.15) is 11.5 Å². The van der Waals surface area contributed by atoms with Gasteiger partial charge in [0, 0.05) is 19.5 Å². The third-order valence-electron chi connectivity index (χ3n) is 4.02. The first kappa shape index (κ1) is 17.4. The molecule has 25 heavy (non-hydrogen) atoms. The van der Waals surface area contributed by atoms with Gasteiger partial charge in [0.25, 0.3) is 5.91 Å². The molecule has 2 aromatic rings. The largest absolute Gasteiger partial charge is 0.435 e. The number of aryl methyl sites for hydroxylation is 2. The number of alkyl halides is 3. The maximum atomic E-state index is 12.7. The Balaban J connectivity index is 1.75. The van der Waals surface area contributed by atoms with Crippen molar-refractivity contribution in [1.29, 1.82) is 0 Å². The molecule has 0 spiro atoms. The third kappa shape index (κ3) is 3.50. The Hall–Kier alpha value is -2.43. The van der Waals surface area contributed by atoms with Crippen LogP contribution in [0.3, 0.4) is 0 Å². The Kier molecular flexibility index (Phi) is 4.50. The van der Waals surface area contributed by atoms with Crippen molar-refractivity contribution in [1.82, 2.24) is 30.3 Å². The van der Waals surface area contributed by atoms with Crippen molar-refractivity contribution in [3.8, 4) is 0 Å². The average molecular weight is 358 g/mol. The predicted molar refractivity (Wildman–Crippen MR) is 78.8 cm³/mol. The molecule has 0 aromatic carbocycles. The lowest BCUT2D eigenvalue weighted by Crippen LogP contribution is -2.40. The number of carbonyl (C=O) groups excluding carboxylic acids is 1. The number of carbonyl (C=O) groups is 1. The highest BCUT2D eigenvalue weighted by molar-refractivity contribution is 5.93. The predicted octanol–water partition coefficient (Wildman–Crippen LogP) is 1.03. The summed E-state index contributed by atoms with van der Waals surface area (Å²) < 4.78 is 44.5. The van der Waals surface area contributed by atoms with Crippen molar-refractivity contribution in [2.24, 2.45) is 7.05 Å². The molecule has 1 aliphatic rings. The van der Waals surface area contributed by atoms with Crippen LogP contribution in [-0.2, 0) is 24.4 Å². The Morgan fingerprint density at radius 3 is 2.84 bits per heavy atom. The number of ether oxygens (including phenoxy) is 1. The SMILES string of the molecule is CCc1nc([C@@H]2COC[C@@H]2NC(=O)c2cc(C(F)(F)F)nn2C)n[nH]1. The van der Waals surface area contributed by atoms with E-state index < -0.39 is 23.8 Å². The lowest BCUT2D eigenvalue weighted by Gasteiger charge is -2.16. The average Bonchev–Trinajstić information content (AvgIpc) is 3.24. The van der Waals surface area contributed by atoms with Crippen LogP contribution in [0.2, 0.25) is 0 Å². The van der Waals surface area contributed by atoms with Gasteiger partial charge in [-0.25, -0.2) is 4.98 Å². The molecule has 0 unspecified atom stereocenters. The fourth-order valence-corrected chi connectivity index (χ4v) is 2.65. The molecule has 1 aliphatic heterocycles. The summed E-state index contributed by atoms with van der Waals surface area (Å²) in [6.45, 7) is 2.48. The van der Waals surface area contributed by atoms with Crippen LogP contribution in [0.25, 0.3) is 0 Å². The second-order valence-electron chi connectivity index (χ2n) is 5.75. The summed E-state index contributed by atoms with van der Waals surface area (Å²) in [5.74, 6) is 0.308. The number of halogens is 3. The van der Waals surface area contributed by atoms with Crippen molar-refractivity contribution in [2.75, 3.05) is 13.2 Å². The molecule has 8 nitrogen and oxygen atoms in total. The monoisotopic (exact) mass is 358 g/mol. The van der Waals surface area contributed by atoms with E-state index in [9.17, 15) is 18.0 Å². The highest BCUT2D eigenvalue weighted by atomic mass is 19.4. The lowest BCUT2D eigenvalue weighted by atomic mass is 10.0. The first-order valence-electron chi connectivity index (χ1n) is 7.70. The second-order valence-corrected chi connectivity index (χ2v) is 5.75. The summed E-state index contributed by atoms with van der Waals surface area (Å²) in [4.78, 5) is 16.7. The molecule has 0 saturated carbocycles. The number of nitrogens with one attached hydrogen (secondary N) is 2. The number of nitrogens with zero attached hydrogens (tertiary/aromatic N) is 4. The molecule has 0 bridgehead atoms. The zero-order chi connectivity index (χ0) is 18.2. The van der Waals surface area contributed by atoms with Crippen molar-refractivity contribution in [2.45, 2.75) is 31.5 Å². The molecule has 136 valence electrons. The molecule has 0 aliphatic carbocycles. The first-order chi connectivity index (χ1) is 11.8. The summed E-state index contributed by atoms with van der Waals surface area (Å²) >= 11 is 0. The number of H-pyrrole nitrogens is 1. The van der Waals surface area contributed by atoms with Gasteiger partial charge in [0.15, 0.2) is 11.5 Å². The number of aromatic amines is 1. The lowest BCUT2D eigenvalue weighted by molar-refractivity contribution is -0.141. The van der Waals surface area contributed by atoms with Gasteiger partial charge in [-0.2, -0.15) is 23.4 Å². The van der Waals surface area contributed by atoms with Gasteiger partial charge in [-0.3, -0.25) is 14.6 Å². The van der Waals surface area contributed by atoms with Crippen LogP contribution >= 0.6 is 0 Å². The van der Waals surface area contributed by atoms with Gasteiger partial charge in [-0.05, 0) is 0 Å². The number of aromatic nitrogens is 5. The van der Waals surface area contributed by atoms with Crippen LogP contribution in [0.5, 0.6) is 0 Å². The zero-order valence-corrected chi connectivity index (χ0v) is 13.6. The summed E-state index contributed by atoms with van der Waals surface area (Å²) in [6, 6.07) is 0.291. The van der Waals surface area contributed by atoms with Gasteiger partial charge in [0.2, 0.25) is 0 Å². The summed E-state index contributed by atoms with van der Waals surface area (Å²) in [5.41, 5.74) is -1.29. The van der Waals surface area contributed by atoms with Crippen LogP contribution in [0, 0.1) is 0 Å². The molecular weight excluding hydrogens is 341 g/mol. The van der Waals surface area contributed by atoms with E-state index in [4.69, 9.17) is 4.74 Å². The van der Waals surface area contributed by atoms with E-state index in [2.05, 4.69) is 25.6 Å². The molecular formula is C14H17F3N6O2. The Labute approximate surface area is 140 Å². The van der Waals surface area contributed by atoms with Crippen LogP contribution in [-0.4, -0.2) is 50.1 Å². The number of amides is 1. The van der Waals surface area contributed by atoms with Gasteiger partial charge in [0.05, 0.1) is 25.2 Å². The summed E-state index contributed by atoms with van der Waals surface area (Å²) in [5, 5.41) is 12.9. The number of hydrogen-bond acceptors (Lipinski definition) is 5. The Bertz CT molecular complexity index is 769.